The minimum Gasteiger partial charge on any atom is -0.373 e. The molecule has 1 aromatic rings. The molecule has 0 fully saturated rings. The van der Waals surface area contributed by atoms with Crippen molar-refractivity contribution < 1.29 is 0 Å². The number of likely N-dealkylation sites (N-methyl/N-ethyl adjacent to an activating group) is 1. The van der Waals surface area contributed by atoms with Crippen molar-refractivity contribution in [3.05, 3.63) is 42.5 Å². The lowest BCUT2D eigenvalue weighted by molar-refractivity contribution is 0.814. The third-order valence-electron chi connectivity index (χ3n) is 2.47. The number of rotatable bonds is 6. The van der Waals surface area contributed by atoms with E-state index < -0.39 is 0 Å². The Morgan fingerprint density at radius 3 is 2.58 bits per heavy atom. The molecule has 3 N–H and O–H groups in total. The van der Waals surface area contributed by atoms with Crippen LogP contribution in [0.2, 0.25) is 0 Å². The Hall–Kier alpha value is -1.24. The molecule has 5 heteroatoms. The number of anilines is 1. The molecular weight excluding hydrogens is 351 g/mol. The fourth-order valence-electron chi connectivity index (χ4n) is 1.44. The average Bonchev–Trinajstić information content (AvgIpc) is 2.37. The Balaban J connectivity index is 0.00000324. The van der Waals surface area contributed by atoms with E-state index in [0.717, 1.165) is 18.7 Å². The van der Waals surface area contributed by atoms with Crippen LogP contribution in [0, 0.1) is 0 Å². The predicted molar refractivity (Wildman–Crippen MR) is 94.4 cm³/mol. The van der Waals surface area contributed by atoms with Crippen molar-refractivity contribution in [3.63, 3.8) is 0 Å². The van der Waals surface area contributed by atoms with Crippen molar-refractivity contribution in [1.82, 2.24) is 5.32 Å². The molecule has 0 radical (unpaired) electrons. The summed E-state index contributed by atoms with van der Waals surface area (Å²) >= 11 is 0. The monoisotopic (exact) mass is 374 g/mol. The van der Waals surface area contributed by atoms with E-state index >= 15 is 0 Å². The molecule has 0 aliphatic carbocycles. The molecule has 0 aromatic heterocycles. The number of nitrogens with one attached hydrogen (secondary N) is 1. The Labute approximate surface area is 132 Å². The molecule has 0 bridgehead atoms. The minimum absolute atomic E-state index is 0. The average molecular weight is 374 g/mol. The molecule has 0 heterocycles. The third-order valence-corrected chi connectivity index (χ3v) is 2.47. The molecule has 0 aliphatic rings. The molecular formula is C14H23IN4. The van der Waals surface area contributed by atoms with Gasteiger partial charge >= 0.3 is 0 Å². The van der Waals surface area contributed by atoms with Gasteiger partial charge in [-0.25, -0.2) is 4.99 Å². The molecule has 0 amide bonds. The summed E-state index contributed by atoms with van der Waals surface area (Å²) in [7, 11) is 2.05. The molecule has 4 nitrogen and oxygen atoms in total. The molecule has 0 saturated carbocycles. The summed E-state index contributed by atoms with van der Waals surface area (Å²) < 4.78 is 0. The van der Waals surface area contributed by atoms with E-state index in [0.29, 0.717) is 12.5 Å². The van der Waals surface area contributed by atoms with Crippen LogP contribution in [0.3, 0.4) is 0 Å². The van der Waals surface area contributed by atoms with E-state index in [9.17, 15) is 0 Å². The number of halogens is 1. The van der Waals surface area contributed by atoms with E-state index in [4.69, 9.17) is 5.73 Å². The third kappa shape index (κ3) is 7.71. The Morgan fingerprint density at radius 1 is 1.37 bits per heavy atom. The van der Waals surface area contributed by atoms with Gasteiger partial charge in [0.05, 0.1) is 6.54 Å². The van der Waals surface area contributed by atoms with Crippen molar-refractivity contribution in [3.8, 4) is 0 Å². The van der Waals surface area contributed by atoms with E-state index in [1.54, 1.807) is 0 Å². The fraction of sp³-hybridized carbons (Fsp3) is 0.357. The minimum atomic E-state index is 0. The molecule has 0 aliphatic heterocycles. The summed E-state index contributed by atoms with van der Waals surface area (Å²) in [5.41, 5.74) is 7.92. The van der Waals surface area contributed by atoms with E-state index in [1.165, 1.54) is 5.69 Å². The summed E-state index contributed by atoms with van der Waals surface area (Å²) in [4.78, 5) is 6.32. The summed E-state index contributed by atoms with van der Waals surface area (Å²) in [5, 5.41) is 3.08. The fourth-order valence-corrected chi connectivity index (χ4v) is 1.44. The highest BCUT2D eigenvalue weighted by atomic mass is 127. The number of hydrogen-bond donors (Lipinski definition) is 2. The van der Waals surface area contributed by atoms with Gasteiger partial charge in [-0.1, -0.05) is 30.4 Å². The van der Waals surface area contributed by atoms with Gasteiger partial charge in [-0.2, -0.15) is 0 Å². The summed E-state index contributed by atoms with van der Waals surface area (Å²) in [6.07, 6.45) is 0. The van der Waals surface area contributed by atoms with Gasteiger partial charge in [0.25, 0.3) is 0 Å². The number of nitrogens with zero attached hydrogens (tertiary/aromatic N) is 2. The van der Waals surface area contributed by atoms with Crippen LogP contribution in [0.25, 0.3) is 0 Å². The molecule has 1 rings (SSSR count). The second kappa shape index (κ2) is 9.66. The summed E-state index contributed by atoms with van der Waals surface area (Å²) in [6.45, 7) is 7.91. The molecule has 0 atom stereocenters. The van der Waals surface area contributed by atoms with Crippen molar-refractivity contribution in [1.29, 1.82) is 0 Å². The highest BCUT2D eigenvalue weighted by Gasteiger charge is 1.99. The lowest BCUT2D eigenvalue weighted by atomic mass is 10.3. The zero-order chi connectivity index (χ0) is 13.4. The van der Waals surface area contributed by atoms with E-state index in [-0.39, 0.29) is 24.0 Å². The zero-order valence-electron chi connectivity index (χ0n) is 11.6. The van der Waals surface area contributed by atoms with Gasteiger partial charge in [0.2, 0.25) is 0 Å². The number of para-hydroxylation sites is 1. The maximum Gasteiger partial charge on any atom is 0.188 e. The second-order valence-corrected chi connectivity index (χ2v) is 4.34. The summed E-state index contributed by atoms with van der Waals surface area (Å²) in [5.74, 6) is 0.472. The smallest absolute Gasteiger partial charge is 0.188 e. The van der Waals surface area contributed by atoms with Crippen molar-refractivity contribution in [2.24, 2.45) is 10.7 Å². The van der Waals surface area contributed by atoms with E-state index in [1.807, 2.05) is 25.1 Å². The molecule has 0 spiro atoms. The topological polar surface area (TPSA) is 53.6 Å². The molecule has 106 valence electrons. The van der Waals surface area contributed by atoms with Crippen molar-refractivity contribution >= 4 is 35.6 Å². The van der Waals surface area contributed by atoms with Crippen molar-refractivity contribution in [2.75, 3.05) is 31.6 Å². The van der Waals surface area contributed by atoms with Gasteiger partial charge < -0.3 is 16.0 Å². The number of benzene rings is 1. The maximum atomic E-state index is 5.73. The molecule has 0 saturated heterocycles. The summed E-state index contributed by atoms with van der Waals surface area (Å²) in [6, 6.07) is 10.2. The predicted octanol–water partition coefficient (Wildman–Crippen LogP) is 2.22. The molecule has 0 unspecified atom stereocenters. The van der Waals surface area contributed by atoms with Crippen LogP contribution in [-0.2, 0) is 0 Å². The van der Waals surface area contributed by atoms with Gasteiger partial charge in [-0.15, -0.1) is 24.0 Å². The van der Waals surface area contributed by atoms with Gasteiger partial charge in [-0.05, 0) is 19.1 Å². The van der Waals surface area contributed by atoms with Crippen LogP contribution in [-0.4, -0.2) is 32.6 Å². The van der Waals surface area contributed by atoms with Crippen LogP contribution in [0.5, 0.6) is 0 Å². The number of guanidine groups is 1. The van der Waals surface area contributed by atoms with Crippen LogP contribution in [0.4, 0.5) is 5.69 Å². The Morgan fingerprint density at radius 2 is 2.00 bits per heavy atom. The molecule has 19 heavy (non-hydrogen) atoms. The van der Waals surface area contributed by atoms with Gasteiger partial charge in [0.15, 0.2) is 5.96 Å². The number of nitrogens with two attached hydrogens (primary N) is 1. The van der Waals surface area contributed by atoms with Gasteiger partial charge in [0.1, 0.15) is 0 Å². The van der Waals surface area contributed by atoms with Crippen LogP contribution in [0.1, 0.15) is 6.92 Å². The standard InChI is InChI=1S/C14H22N4.HI/c1-12(2)11-17-14(15)16-9-10-18(3)13-7-5-4-6-8-13;/h4-8H,1,9-11H2,2-3H3,(H3,15,16,17);1H. The van der Waals surface area contributed by atoms with Crippen LogP contribution >= 0.6 is 24.0 Å². The first-order valence-electron chi connectivity index (χ1n) is 6.04. The number of hydrogen-bond acceptors (Lipinski definition) is 2. The first kappa shape index (κ1) is 17.8. The lowest BCUT2D eigenvalue weighted by Crippen LogP contribution is -2.37. The zero-order valence-corrected chi connectivity index (χ0v) is 13.9. The van der Waals surface area contributed by atoms with Gasteiger partial charge in [-0.3, -0.25) is 0 Å². The van der Waals surface area contributed by atoms with Crippen molar-refractivity contribution in [2.45, 2.75) is 6.92 Å². The Bertz CT molecular complexity index is 403. The van der Waals surface area contributed by atoms with E-state index in [2.05, 4.69) is 41.0 Å². The molecule has 1 aromatic carbocycles. The maximum absolute atomic E-state index is 5.73. The lowest BCUT2D eigenvalue weighted by Gasteiger charge is -2.19. The first-order chi connectivity index (χ1) is 8.59. The largest absolute Gasteiger partial charge is 0.373 e. The highest BCUT2D eigenvalue weighted by molar-refractivity contribution is 14.0. The van der Waals surface area contributed by atoms with Crippen LogP contribution < -0.4 is 16.0 Å². The van der Waals surface area contributed by atoms with Crippen LogP contribution in [0.15, 0.2) is 47.5 Å². The highest BCUT2D eigenvalue weighted by Crippen LogP contribution is 2.09. The van der Waals surface area contributed by atoms with Gasteiger partial charge in [0, 0.05) is 25.8 Å². The quantitative estimate of drug-likeness (QED) is 0.348. The normalized spacial score (nSPS) is 10.5. The first-order valence-corrected chi connectivity index (χ1v) is 6.04. The Kier molecular flexibility index (Phi) is 9.03. The number of aliphatic imine (C=N–C) groups is 1. The second-order valence-electron chi connectivity index (χ2n) is 4.34. The SMILES string of the molecule is C=C(C)CN=C(N)NCCN(C)c1ccccc1.I.